The van der Waals surface area contributed by atoms with E-state index in [0.29, 0.717) is 6.54 Å². The molecule has 0 spiro atoms. The summed E-state index contributed by atoms with van der Waals surface area (Å²) in [5.74, 6) is -0.141. The van der Waals surface area contributed by atoms with Crippen molar-refractivity contribution in [1.82, 2.24) is 5.32 Å². The molecule has 0 aliphatic rings. The Labute approximate surface area is 102 Å². The summed E-state index contributed by atoms with van der Waals surface area (Å²) >= 11 is 0. The molecule has 0 aliphatic carbocycles. The van der Waals surface area contributed by atoms with Crippen molar-refractivity contribution in [3.05, 3.63) is 23.8 Å². The Kier molecular flexibility index (Phi) is 6.43. The van der Waals surface area contributed by atoms with Crippen molar-refractivity contribution in [3.8, 4) is 11.5 Å². The molecule has 4 heteroatoms. The molecule has 3 N–H and O–H groups in total. The molecule has 0 radical (unpaired) electrons. The molecule has 0 bridgehead atoms. The minimum atomic E-state index is -0.0756. The molecule has 0 atom stereocenters. The molecule has 1 aromatic carbocycles. The molecule has 0 saturated carbocycles. The molecule has 0 amide bonds. The molecule has 0 aromatic heterocycles. The van der Waals surface area contributed by atoms with Crippen LogP contribution in [0.5, 0.6) is 11.5 Å². The van der Waals surface area contributed by atoms with E-state index >= 15 is 0 Å². The second-order valence-corrected chi connectivity index (χ2v) is 4.05. The van der Waals surface area contributed by atoms with Crippen LogP contribution in [-0.4, -0.2) is 30.5 Å². The maximum atomic E-state index is 9.31. The maximum absolute atomic E-state index is 9.31. The van der Waals surface area contributed by atoms with E-state index in [9.17, 15) is 5.11 Å². The molecule has 0 unspecified atom stereocenters. The van der Waals surface area contributed by atoms with E-state index in [0.717, 1.165) is 38.0 Å². The second kappa shape index (κ2) is 7.92. The van der Waals surface area contributed by atoms with Crippen molar-refractivity contribution in [2.45, 2.75) is 25.8 Å². The Balaban J connectivity index is 2.11. The Hall–Kier alpha value is -1.26. The fraction of sp³-hybridized carbons (Fsp3) is 0.538. The fourth-order valence-electron chi connectivity index (χ4n) is 1.58. The number of nitrogens with one attached hydrogen (secondary N) is 1. The number of phenolic OH excluding ortho intramolecular Hbond substituents is 2. The van der Waals surface area contributed by atoms with Crippen LogP contribution in [0.4, 0.5) is 0 Å². The second-order valence-electron chi connectivity index (χ2n) is 4.05. The van der Waals surface area contributed by atoms with E-state index in [-0.39, 0.29) is 11.5 Å². The van der Waals surface area contributed by atoms with Crippen LogP contribution < -0.4 is 5.32 Å². The van der Waals surface area contributed by atoms with Crippen molar-refractivity contribution >= 4 is 0 Å². The first kappa shape index (κ1) is 13.8. The minimum absolute atomic E-state index is 0.0654. The topological polar surface area (TPSA) is 61.7 Å². The number of ether oxygens (including phenoxy) is 1. The van der Waals surface area contributed by atoms with Gasteiger partial charge in [0.2, 0.25) is 0 Å². The quantitative estimate of drug-likeness (QED) is 0.479. The zero-order valence-electron chi connectivity index (χ0n) is 10.3. The molecule has 0 heterocycles. The highest BCUT2D eigenvalue weighted by Gasteiger charge is 1.99. The van der Waals surface area contributed by atoms with E-state index in [2.05, 4.69) is 5.32 Å². The highest BCUT2D eigenvalue weighted by molar-refractivity contribution is 5.40. The highest BCUT2D eigenvalue weighted by Crippen LogP contribution is 2.24. The first-order valence-corrected chi connectivity index (χ1v) is 5.94. The maximum Gasteiger partial charge on any atom is 0.157 e. The molecule has 1 aromatic rings. The number of benzene rings is 1. The molecule has 1 rings (SSSR count). The minimum Gasteiger partial charge on any atom is -0.504 e. The van der Waals surface area contributed by atoms with Crippen LogP contribution in [0, 0.1) is 0 Å². The summed E-state index contributed by atoms with van der Waals surface area (Å²) in [6.45, 7) is 2.48. The lowest BCUT2D eigenvalue weighted by Gasteiger charge is -2.06. The zero-order chi connectivity index (χ0) is 12.5. The van der Waals surface area contributed by atoms with Gasteiger partial charge in [-0.15, -0.1) is 0 Å². The Bertz CT molecular complexity index is 328. The number of aromatic hydroxyl groups is 2. The average molecular weight is 239 g/mol. The molecule has 4 nitrogen and oxygen atoms in total. The lowest BCUT2D eigenvalue weighted by molar-refractivity contribution is 0.192. The van der Waals surface area contributed by atoms with Crippen molar-refractivity contribution in [2.75, 3.05) is 20.3 Å². The van der Waals surface area contributed by atoms with Gasteiger partial charge in [-0.25, -0.2) is 0 Å². The molecule has 0 fully saturated rings. The third-order valence-electron chi connectivity index (χ3n) is 2.57. The Morgan fingerprint density at radius 3 is 2.65 bits per heavy atom. The normalized spacial score (nSPS) is 10.6. The lowest BCUT2D eigenvalue weighted by Crippen LogP contribution is -2.14. The summed E-state index contributed by atoms with van der Waals surface area (Å²) in [5.41, 5.74) is 0.970. The number of rotatable bonds is 8. The molecule has 96 valence electrons. The third kappa shape index (κ3) is 5.56. The van der Waals surface area contributed by atoms with E-state index in [4.69, 9.17) is 9.84 Å². The van der Waals surface area contributed by atoms with Gasteiger partial charge in [-0.05, 0) is 43.5 Å². The van der Waals surface area contributed by atoms with Gasteiger partial charge < -0.3 is 20.3 Å². The Morgan fingerprint density at radius 1 is 1.12 bits per heavy atom. The monoisotopic (exact) mass is 239 g/mol. The summed E-state index contributed by atoms with van der Waals surface area (Å²) in [4.78, 5) is 0. The summed E-state index contributed by atoms with van der Waals surface area (Å²) in [6.07, 6.45) is 3.37. The molecule has 0 saturated heterocycles. The van der Waals surface area contributed by atoms with Crippen molar-refractivity contribution in [3.63, 3.8) is 0 Å². The van der Waals surface area contributed by atoms with Crippen LogP contribution in [0.3, 0.4) is 0 Å². The number of hydrogen-bond donors (Lipinski definition) is 3. The summed E-state index contributed by atoms with van der Waals surface area (Å²) < 4.78 is 4.97. The first-order chi connectivity index (χ1) is 8.24. The summed E-state index contributed by atoms with van der Waals surface area (Å²) in [5, 5.41) is 21.8. The van der Waals surface area contributed by atoms with Gasteiger partial charge >= 0.3 is 0 Å². The van der Waals surface area contributed by atoms with Gasteiger partial charge in [0.1, 0.15) is 0 Å². The summed E-state index contributed by atoms with van der Waals surface area (Å²) in [7, 11) is 1.72. The van der Waals surface area contributed by atoms with Crippen molar-refractivity contribution < 1.29 is 14.9 Å². The highest BCUT2D eigenvalue weighted by atomic mass is 16.5. The van der Waals surface area contributed by atoms with Gasteiger partial charge in [0, 0.05) is 20.3 Å². The van der Waals surface area contributed by atoms with Gasteiger partial charge in [0.25, 0.3) is 0 Å². The lowest BCUT2D eigenvalue weighted by atomic mass is 10.2. The number of methoxy groups -OCH3 is 1. The van der Waals surface area contributed by atoms with Gasteiger partial charge in [-0.1, -0.05) is 6.07 Å². The third-order valence-corrected chi connectivity index (χ3v) is 2.57. The van der Waals surface area contributed by atoms with Crippen LogP contribution in [0.1, 0.15) is 24.8 Å². The standard InChI is InChI=1S/C13H21NO3/c1-17-8-4-2-3-7-14-10-11-5-6-12(15)13(16)9-11/h5-6,9,14-16H,2-4,7-8,10H2,1H3. The van der Waals surface area contributed by atoms with Gasteiger partial charge in [0.05, 0.1) is 0 Å². The number of hydrogen-bond acceptors (Lipinski definition) is 4. The molecular weight excluding hydrogens is 218 g/mol. The van der Waals surface area contributed by atoms with E-state index in [1.165, 1.54) is 6.07 Å². The van der Waals surface area contributed by atoms with Crippen LogP contribution >= 0.6 is 0 Å². The van der Waals surface area contributed by atoms with Crippen LogP contribution in [-0.2, 0) is 11.3 Å². The van der Waals surface area contributed by atoms with Gasteiger partial charge in [0.15, 0.2) is 11.5 Å². The van der Waals surface area contributed by atoms with E-state index in [1.54, 1.807) is 19.2 Å². The largest absolute Gasteiger partial charge is 0.504 e. The predicted octanol–water partition coefficient (Wildman–Crippen LogP) is 2.00. The zero-order valence-corrected chi connectivity index (χ0v) is 10.3. The SMILES string of the molecule is COCCCCCNCc1ccc(O)c(O)c1. The molecule has 0 aliphatic heterocycles. The number of unbranched alkanes of at least 4 members (excludes halogenated alkanes) is 2. The van der Waals surface area contributed by atoms with E-state index < -0.39 is 0 Å². The van der Waals surface area contributed by atoms with Crippen molar-refractivity contribution in [1.29, 1.82) is 0 Å². The van der Waals surface area contributed by atoms with Crippen LogP contribution in [0.2, 0.25) is 0 Å². The van der Waals surface area contributed by atoms with Crippen molar-refractivity contribution in [2.24, 2.45) is 0 Å². The number of phenols is 2. The Morgan fingerprint density at radius 2 is 1.94 bits per heavy atom. The molecular formula is C13H21NO3. The molecule has 17 heavy (non-hydrogen) atoms. The predicted molar refractivity (Wildman–Crippen MR) is 67.2 cm³/mol. The van der Waals surface area contributed by atoms with E-state index in [1.807, 2.05) is 0 Å². The van der Waals surface area contributed by atoms with Gasteiger partial charge in [-0.2, -0.15) is 0 Å². The fourth-order valence-corrected chi connectivity index (χ4v) is 1.58. The van der Waals surface area contributed by atoms with Crippen LogP contribution in [0.15, 0.2) is 18.2 Å². The van der Waals surface area contributed by atoms with Gasteiger partial charge in [-0.3, -0.25) is 0 Å². The first-order valence-electron chi connectivity index (χ1n) is 5.94. The van der Waals surface area contributed by atoms with Crippen LogP contribution in [0.25, 0.3) is 0 Å². The average Bonchev–Trinajstić information content (AvgIpc) is 2.32. The summed E-state index contributed by atoms with van der Waals surface area (Å²) in [6, 6.07) is 4.88. The smallest absolute Gasteiger partial charge is 0.157 e.